The number of thioether (sulfide) groups is 1. The predicted molar refractivity (Wildman–Crippen MR) is 142 cm³/mol. The maximum atomic E-state index is 11.8. The maximum absolute atomic E-state index is 11.8. The van der Waals surface area contributed by atoms with Gasteiger partial charge in [0.1, 0.15) is 0 Å². The van der Waals surface area contributed by atoms with E-state index >= 15 is 0 Å². The van der Waals surface area contributed by atoms with Crippen LogP contribution >= 0.6 is 11.8 Å². The van der Waals surface area contributed by atoms with Gasteiger partial charge in [0.2, 0.25) is 0 Å². The first kappa shape index (κ1) is 31.2. The van der Waals surface area contributed by atoms with Gasteiger partial charge in [-0.2, -0.15) is 0 Å². The van der Waals surface area contributed by atoms with Crippen LogP contribution in [0.2, 0.25) is 0 Å². The molecule has 0 spiro atoms. The molecule has 2 atom stereocenters. The Bertz CT molecular complexity index is 791. The molecule has 0 bridgehead atoms. The number of nitrogens with zero attached hydrogens (tertiary/aromatic N) is 2. The van der Waals surface area contributed by atoms with Crippen LogP contribution in [0.1, 0.15) is 126 Å². The van der Waals surface area contributed by atoms with Crippen molar-refractivity contribution in [1.82, 2.24) is 9.55 Å². The Morgan fingerprint density at radius 3 is 2.06 bits per heavy atom. The smallest absolute Gasteiger partial charge is 0.354 e. The van der Waals surface area contributed by atoms with Crippen LogP contribution in [-0.4, -0.2) is 48.2 Å². The van der Waals surface area contributed by atoms with Gasteiger partial charge in [0.15, 0.2) is 10.9 Å². The summed E-state index contributed by atoms with van der Waals surface area (Å²) in [6.45, 7) is 6.03. The molecular weight excluding hydrogens is 464 g/mol. The Kier molecular flexibility index (Phi) is 15.7. The van der Waals surface area contributed by atoms with Crippen molar-refractivity contribution in [2.24, 2.45) is 7.05 Å². The average molecular weight is 511 g/mol. The fourth-order valence-corrected chi connectivity index (χ4v) is 5.17. The first-order valence-electron chi connectivity index (χ1n) is 13.2. The van der Waals surface area contributed by atoms with E-state index in [0.717, 1.165) is 12.8 Å². The number of hydrogen-bond donors (Lipinski definition) is 3. The van der Waals surface area contributed by atoms with Gasteiger partial charge >= 0.3 is 11.9 Å². The average Bonchev–Trinajstić information content (AvgIpc) is 3.13. The number of aliphatic hydroxyl groups is 1. The molecule has 0 saturated heterocycles. The number of rotatable bonds is 20. The molecule has 0 radical (unpaired) electrons. The number of allylic oxidation sites excluding steroid dienone is 1. The summed E-state index contributed by atoms with van der Waals surface area (Å²) in [4.78, 5) is 27.3. The zero-order valence-electron chi connectivity index (χ0n) is 22.0. The van der Waals surface area contributed by atoms with E-state index < -0.39 is 23.3 Å². The number of imidazole rings is 1. The second kappa shape index (κ2) is 17.6. The number of carbonyl (C=O) groups is 2. The molecule has 1 aromatic rings. The van der Waals surface area contributed by atoms with E-state index in [1.807, 2.05) is 19.9 Å². The van der Waals surface area contributed by atoms with Crippen LogP contribution < -0.4 is 0 Å². The third kappa shape index (κ3) is 12.1. The minimum Gasteiger partial charge on any atom is -0.481 e. The molecule has 0 aliphatic rings. The highest BCUT2D eigenvalue weighted by Gasteiger charge is 2.26. The van der Waals surface area contributed by atoms with Gasteiger partial charge in [0.05, 0.1) is 17.0 Å². The zero-order valence-corrected chi connectivity index (χ0v) is 22.9. The van der Waals surface area contributed by atoms with E-state index in [4.69, 9.17) is 5.11 Å². The molecule has 200 valence electrons. The molecule has 0 aliphatic carbocycles. The molecule has 1 heterocycles. The normalized spacial score (nSPS) is 13.5. The second-order valence-corrected chi connectivity index (χ2v) is 10.8. The van der Waals surface area contributed by atoms with Crippen LogP contribution in [0.25, 0.3) is 0 Å². The number of aromatic carboxylic acids is 1. The van der Waals surface area contributed by atoms with Gasteiger partial charge in [-0.3, -0.25) is 4.79 Å². The van der Waals surface area contributed by atoms with Gasteiger partial charge in [-0.05, 0) is 25.2 Å². The summed E-state index contributed by atoms with van der Waals surface area (Å²) in [5.74, 6) is -2.03. The first-order valence-corrected chi connectivity index (χ1v) is 14.1. The third-order valence-electron chi connectivity index (χ3n) is 6.16. The maximum Gasteiger partial charge on any atom is 0.354 e. The monoisotopic (exact) mass is 510 g/mol. The number of unbranched alkanes of at least 4 members (excludes halogenated alkanes) is 10. The predicted octanol–water partition coefficient (Wildman–Crippen LogP) is 6.80. The van der Waals surface area contributed by atoms with Gasteiger partial charge < -0.3 is 19.9 Å². The van der Waals surface area contributed by atoms with Gasteiger partial charge in [0, 0.05) is 13.5 Å². The lowest BCUT2D eigenvalue weighted by atomic mass is 10.1. The highest BCUT2D eigenvalue weighted by molar-refractivity contribution is 8.00. The van der Waals surface area contributed by atoms with Crippen LogP contribution in [0.3, 0.4) is 0 Å². The molecule has 0 fully saturated rings. The van der Waals surface area contributed by atoms with Crippen LogP contribution in [0.15, 0.2) is 17.3 Å². The van der Waals surface area contributed by atoms with Crippen LogP contribution in [0, 0.1) is 0 Å². The van der Waals surface area contributed by atoms with E-state index in [1.165, 1.54) is 69.5 Å². The molecule has 3 N–H and O–H groups in total. The fourth-order valence-electron chi connectivity index (χ4n) is 4.04. The molecular formula is C27H46N2O5S. The van der Waals surface area contributed by atoms with Crippen molar-refractivity contribution < 1.29 is 24.9 Å². The van der Waals surface area contributed by atoms with Crippen LogP contribution in [-0.2, 0) is 11.8 Å². The summed E-state index contributed by atoms with van der Waals surface area (Å²) in [5, 5.41) is 29.4. The van der Waals surface area contributed by atoms with Crippen LogP contribution in [0.4, 0.5) is 0 Å². The molecule has 7 nitrogen and oxygen atoms in total. The van der Waals surface area contributed by atoms with E-state index in [1.54, 1.807) is 11.6 Å². The number of carboxylic acid groups (broad SMARTS) is 2. The number of aliphatic hydroxyl groups excluding tert-OH is 1. The molecule has 35 heavy (non-hydrogen) atoms. The molecule has 1 rings (SSSR count). The Morgan fingerprint density at radius 2 is 1.57 bits per heavy atom. The lowest BCUT2D eigenvalue weighted by Gasteiger charge is -2.18. The van der Waals surface area contributed by atoms with Crippen molar-refractivity contribution in [3.8, 4) is 0 Å². The standard InChI is InChI=1S/C27H46N2O5S/c1-5-6-7-8-9-10-11-12-13-14-15-16-17-22(21(30)18-19-23(31)32)35-27-28-24(20(2)3)25(26(33)34)29(27)4/h16-17,20-22,30H,5-15,18-19H2,1-4H3,(H,31,32)(H,33,34)/b17-16-. The molecule has 0 aromatic carbocycles. The molecule has 0 amide bonds. The van der Waals surface area contributed by atoms with Crippen molar-refractivity contribution in [2.75, 3.05) is 0 Å². The molecule has 1 aromatic heterocycles. The van der Waals surface area contributed by atoms with Gasteiger partial charge in [-0.1, -0.05) is 102 Å². The Hall–Kier alpha value is -1.80. The minimum atomic E-state index is -1.03. The third-order valence-corrected chi connectivity index (χ3v) is 7.47. The van der Waals surface area contributed by atoms with Crippen LogP contribution in [0.5, 0.6) is 0 Å². The van der Waals surface area contributed by atoms with E-state index in [-0.39, 0.29) is 24.5 Å². The van der Waals surface area contributed by atoms with E-state index in [0.29, 0.717) is 10.9 Å². The van der Waals surface area contributed by atoms with Crippen molar-refractivity contribution >= 4 is 23.7 Å². The summed E-state index contributed by atoms with van der Waals surface area (Å²) >= 11 is 1.29. The number of aliphatic carboxylic acids is 1. The Labute approximate surface area is 215 Å². The van der Waals surface area contributed by atoms with Gasteiger partial charge in [-0.15, -0.1) is 0 Å². The summed E-state index contributed by atoms with van der Waals surface area (Å²) in [5.41, 5.74) is 0.659. The van der Waals surface area contributed by atoms with Crippen molar-refractivity contribution in [1.29, 1.82) is 0 Å². The van der Waals surface area contributed by atoms with Crippen molar-refractivity contribution in [2.45, 2.75) is 127 Å². The topological polar surface area (TPSA) is 113 Å². The number of aromatic nitrogens is 2. The molecule has 0 aliphatic heterocycles. The second-order valence-electron chi connectivity index (χ2n) is 9.63. The quantitative estimate of drug-likeness (QED) is 0.100. The number of hydrogen-bond acceptors (Lipinski definition) is 5. The largest absolute Gasteiger partial charge is 0.481 e. The SMILES string of the molecule is CCCCCCCCCCCC/C=C\C(Sc1nc(C(C)C)c(C(=O)O)n1C)C(O)CCC(=O)O. The lowest BCUT2D eigenvalue weighted by Crippen LogP contribution is -2.23. The zero-order chi connectivity index (χ0) is 26.2. The number of carboxylic acids is 2. The van der Waals surface area contributed by atoms with Gasteiger partial charge in [-0.25, -0.2) is 9.78 Å². The molecule has 2 unspecified atom stereocenters. The fraction of sp³-hybridized carbons (Fsp3) is 0.741. The minimum absolute atomic E-state index is 0.0519. The summed E-state index contributed by atoms with van der Waals surface area (Å²) < 4.78 is 1.55. The first-order chi connectivity index (χ1) is 16.7. The summed E-state index contributed by atoms with van der Waals surface area (Å²) in [6, 6.07) is 0. The lowest BCUT2D eigenvalue weighted by molar-refractivity contribution is -0.137. The van der Waals surface area contributed by atoms with E-state index in [9.17, 15) is 19.8 Å². The van der Waals surface area contributed by atoms with E-state index in [2.05, 4.69) is 18.0 Å². The Balaban J connectivity index is 2.66. The van der Waals surface area contributed by atoms with Crippen molar-refractivity contribution in [3.63, 3.8) is 0 Å². The van der Waals surface area contributed by atoms with Crippen molar-refractivity contribution in [3.05, 3.63) is 23.5 Å². The van der Waals surface area contributed by atoms with Gasteiger partial charge in [0.25, 0.3) is 0 Å². The highest BCUT2D eigenvalue weighted by atomic mass is 32.2. The Morgan fingerprint density at radius 1 is 1.00 bits per heavy atom. The molecule has 0 saturated carbocycles. The highest BCUT2D eigenvalue weighted by Crippen LogP contribution is 2.31. The molecule has 8 heteroatoms. The summed E-state index contributed by atoms with van der Waals surface area (Å²) in [6.07, 6.45) is 16.8. The summed E-state index contributed by atoms with van der Waals surface area (Å²) in [7, 11) is 1.67.